The number of anilines is 2. The number of fused-ring (bicyclic) bond motifs is 2. The lowest BCUT2D eigenvalue weighted by molar-refractivity contribution is -0.145. The van der Waals surface area contributed by atoms with E-state index in [1.807, 2.05) is 18.3 Å². The Hall–Kier alpha value is -3.53. The van der Waals surface area contributed by atoms with Crippen molar-refractivity contribution in [3.8, 4) is 11.3 Å². The Labute approximate surface area is 184 Å². The minimum Gasteiger partial charge on any atom is -0.456 e. The Morgan fingerprint density at radius 2 is 2.16 bits per heavy atom. The lowest BCUT2D eigenvalue weighted by Crippen LogP contribution is -2.45. The minimum atomic E-state index is -0.490. The first-order valence-electron chi connectivity index (χ1n) is 10.6. The molecule has 3 aromatic heterocycles. The molecule has 10 heteroatoms. The van der Waals surface area contributed by atoms with Crippen molar-refractivity contribution < 1.29 is 19.1 Å². The summed E-state index contributed by atoms with van der Waals surface area (Å²) in [7, 11) is 0. The molecule has 1 saturated heterocycles. The lowest BCUT2D eigenvalue weighted by Gasteiger charge is -2.34. The van der Waals surface area contributed by atoms with Gasteiger partial charge in [0.1, 0.15) is 11.5 Å². The van der Waals surface area contributed by atoms with Crippen molar-refractivity contribution in [1.29, 1.82) is 0 Å². The second-order valence-electron chi connectivity index (χ2n) is 7.97. The molecule has 3 aromatic rings. The number of carbonyl (C=O) groups excluding carboxylic acids is 2. The number of aromatic amines is 1. The fourth-order valence-electron chi connectivity index (χ4n) is 4.27. The highest BCUT2D eigenvalue weighted by atomic mass is 16.5. The summed E-state index contributed by atoms with van der Waals surface area (Å²) >= 11 is 0. The van der Waals surface area contributed by atoms with Crippen LogP contribution in [0, 0.1) is 0 Å². The first-order valence-corrected chi connectivity index (χ1v) is 10.6. The number of nitrogens with zero attached hydrogens (tertiary/aromatic N) is 5. The Bertz CT molecular complexity index is 1190. The van der Waals surface area contributed by atoms with Crippen LogP contribution in [0.3, 0.4) is 0 Å². The summed E-state index contributed by atoms with van der Waals surface area (Å²) in [5.74, 6) is 0.338. The van der Waals surface area contributed by atoms with Gasteiger partial charge in [0.25, 0.3) is 5.91 Å². The van der Waals surface area contributed by atoms with Gasteiger partial charge >= 0.3 is 5.97 Å². The average Bonchev–Trinajstić information content (AvgIpc) is 3.44. The second-order valence-corrected chi connectivity index (χ2v) is 7.97. The molecule has 10 nitrogen and oxygen atoms in total. The number of esters is 1. The predicted octanol–water partition coefficient (Wildman–Crippen LogP) is 1.70. The number of hydrogen-bond donors (Lipinski definition) is 1. The highest BCUT2D eigenvalue weighted by Crippen LogP contribution is 2.38. The number of hydrogen-bond acceptors (Lipinski definition) is 8. The molecule has 1 N–H and O–H groups in total. The molecule has 0 unspecified atom stereocenters. The Kier molecular flexibility index (Phi) is 5.22. The zero-order chi connectivity index (χ0) is 22.2. The summed E-state index contributed by atoms with van der Waals surface area (Å²) in [4.78, 5) is 45.0. The molecule has 0 bridgehead atoms. The highest BCUT2D eigenvalue weighted by Gasteiger charge is 2.33. The standard InChI is InChI=1S/C22H24N6O4/c1-13-11-31-10-9-27(13)22-25-19(15-3-6-23-20-16(15)4-7-24-20)17-5-8-28(21(17)26-22)18(30)12-32-14(2)29/h3-4,6-7,13H,5,8-12H2,1-2H3,(H,23,24)/t13-/m1/s1. The summed E-state index contributed by atoms with van der Waals surface area (Å²) in [6, 6.07) is 4.02. The maximum atomic E-state index is 12.8. The molecule has 1 atom stereocenters. The molecule has 2 aliphatic rings. The van der Waals surface area contributed by atoms with Crippen LogP contribution in [0.15, 0.2) is 24.5 Å². The van der Waals surface area contributed by atoms with E-state index in [1.165, 1.54) is 6.92 Å². The van der Waals surface area contributed by atoms with Crippen LogP contribution in [-0.4, -0.2) is 70.8 Å². The largest absolute Gasteiger partial charge is 0.456 e. The average molecular weight is 436 g/mol. The number of carbonyl (C=O) groups is 2. The Morgan fingerprint density at radius 3 is 2.97 bits per heavy atom. The molecule has 1 amide bonds. The summed E-state index contributed by atoms with van der Waals surface area (Å²) < 4.78 is 10.5. The highest BCUT2D eigenvalue weighted by molar-refractivity contribution is 5.99. The first-order chi connectivity index (χ1) is 15.5. The van der Waals surface area contributed by atoms with Gasteiger partial charge in [-0.3, -0.25) is 14.5 Å². The smallest absolute Gasteiger partial charge is 0.303 e. The van der Waals surface area contributed by atoms with Gasteiger partial charge in [0, 0.05) is 48.9 Å². The van der Waals surface area contributed by atoms with E-state index < -0.39 is 5.97 Å². The molecule has 1 fully saturated rings. The molecule has 32 heavy (non-hydrogen) atoms. The summed E-state index contributed by atoms with van der Waals surface area (Å²) in [5.41, 5.74) is 3.40. The van der Waals surface area contributed by atoms with Gasteiger partial charge in [-0.05, 0) is 25.5 Å². The summed E-state index contributed by atoms with van der Waals surface area (Å²) in [5, 5.41) is 0.957. The van der Waals surface area contributed by atoms with Gasteiger partial charge in [0.05, 0.1) is 24.9 Å². The van der Waals surface area contributed by atoms with Crippen LogP contribution in [0.4, 0.5) is 11.8 Å². The van der Waals surface area contributed by atoms with Crippen LogP contribution in [-0.2, 0) is 25.5 Å². The van der Waals surface area contributed by atoms with E-state index in [0.717, 1.165) is 27.9 Å². The van der Waals surface area contributed by atoms with Crippen molar-refractivity contribution in [3.63, 3.8) is 0 Å². The summed E-state index contributed by atoms with van der Waals surface area (Å²) in [6.45, 7) is 5.34. The molecule has 0 spiro atoms. The molecule has 0 aliphatic carbocycles. The Balaban J connectivity index is 1.64. The van der Waals surface area contributed by atoms with Crippen molar-refractivity contribution in [2.24, 2.45) is 0 Å². The van der Waals surface area contributed by atoms with E-state index in [-0.39, 0.29) is 18.6 Å². The maximum Gasteiger partial charge on any atom is 0.303 e. The van der Waals surface area contributed by atoms with E-state index in [1.54, 1.807) is 11.1 Å². The van der Waals surface area contributed by atoms with E-state index in [0.29, 0.717) is 44.5 Å². The molecule has 166 valence electrons. The molecule has 5 rings (SSSR count). The van der Waals surface area contributed by atoms with Crippen molar-refractivity contribution in [2.45, 2.75) is 26.3 Å². The minimum absolute atomic E-state index is 0.103. The van der Waals surface area contributed by atoms with Gasteiger partial charge in [0.15, 0.2) is 6.61 Å². The van der Waals surface area contributed by atoms with Gasteiger partial charge < -0.3 is 19.4 Å². The van der Waals surface area contributed by atoms with Gasteiger partial charge in [-0.2, -0.15) is 4.98 Å². The van der Waals surface area contributed by atoms with Crippen molar-refractivity contribution in [2.75, 3.05) is 42.7 Å². The van der Waals surface area contributed by atoms with Crippen LogP contribution in [0.2, 0.25) is 0 Å². The molecular weight excluding hydrogens is 412 g/mol. The van der Waals surface area contributed by atoms with Gasteiger partial charge in [-0.15, -0.1) is 0 Å². The number of rotatable bonds is 4. The number of pyridine rings is 1. The number of aromatic nitrogens is 4. The van der Waals surface area contributed by atoms with Crippen LogP contribution < -0.4 is 9.80 Å². The van der Waals surface area contributed by atoms with Crippen LogP contribution in [0.1, 0.15) is 19.4 Å². The van der Waals surface area contributed by atoms with Gasteiger partial charge in [0.2, 0.25) is 5.95 Å². The van der Waals surface area contributed by atoms with E-state index >= 15 is 0 Å². The number of morpholine rings is 1. The zero-order valence-electron chi connectivity index (χ0n) is 18.0. The third-order valence-electron chi connectivity index (χ3n) is 5.85. The zero-order valence-corrected chi connectivity index (χ0v) is 18.0. The van der Waals surface area contributed by atoms with E-state index in [9.17, 15) is 9.59 Å². The van der Waals surface area contributed by atoms with E-state index in [4.69, 9.17) is 19.4 Å². The van der Waals surface area contributed by atoms with E-state index in [2.05, 4.69) is 21.8 Å². The first kappa shape index (κ1) is 20.4. The molecule has 0 radical (unpaired) electrons. The third kappa shape index (κ3) is 3.56. The van der Waals surface area contributed by atoms with Gasteiger partial charge in [-0.1, -0.05) is 0 Å². The third-order valence-corrected chi connectivity index (χ3v) is 5.85. The molecule has 0 saturated carbocycles. The summed E-state index contributed by atoms with van der Waals surface area (Å²) in [6.07, 6.45) is 4.21. The fraction of sp³-hybridized carbons (Fsp3) is 0.409. The quantitative estimate of drug-likeness (QED) is 0.615. The number of nitrogens with one attached hydrogen (secondary N) is 1. The number of amides is 1. The van der Waals surface area contributed by atoms with Crippen molar-refractivity contribution in [1.82, 2.24) is 19.9 Å². The van der Waals surface area contributed by atoms with Crippen LogP contribution >= 0.6 is 0 Å². The molecular formula is C22H24N6O4. The predicted molar refractivity (Wildman–Crippen MR) is 117 cm³/mol. The normalized spacial score (nSPS) is 18.1. The molecule has 5 heterocycles. The van der Waals surface area contributed by atoms with Crippen molar-refractivity contribution in [3.05, 3.63) is 30.1 Å². The monoisotopic (exact) mass is 436 g/mol. The Morgan fingerprint density at radius 1 is 1.28 bits per heavy atom. The lowest BCUT2D eigenvalue weighted by atomic mass is 10.0. The maximum absolute atomic E-state index is 12.8. The van der Waals surface area contributed by atoms with Crippen molar-refractivity contribution >= 4 is 34.7 Å². The molecule has 0 aromatic carbocycles. The second kappa shape index (κ2) is 8.19. The topological polar surface area (TPSA) is 114 Å². The van der Waals surface area contributed by atoms with Crippen LogP contribution in [0.5, 0.6) is 0 Å². The van der Waals surface area contributed by atoms with Crippen LogP contribution in [0.25, 0.3) is 22.3 Å². The number of ether oxygens (including phenoxy) is 2. The molecule has 2 aliphatic heterocycles. The van der Waals surface area contributed by atoms with Gasteiger partial charge in [-0.25, -0.2) is 9.97 Å². The number of H-pyrrole nitrogens is 1. The SMILES string of the molecule is CC(=O)OCC(=O)N1CCc2c(-c3ccnc4[nH]ccc34)nc(N3CCOC[C@H]3C)nc21. The fourth-order valence-corrected chi connectivity index (χ4v) is 4.27.